The summed E-state index contributed by atoms with van der Waals surface area (Å²) in [6, 6.07) is 24.9. The zero-order valence-electron chi connectivity index (χ0n) is 16.1. The van der Waals surface area contributed by atoms with E-state index in [9.17, 15) is 0 Å². The lowest BCUT2D eigenvalue weighted by atomic mass is 9.99. The van der Waals surface area contributed by atoms with Crippen LogP contribution in [0.15, 0.2) is 66.7 Å². The fraction of sp³-hybridized carbons (Fsp3) is 0.231. The van der Waals surface area contributed by atoms with Gasteiger partial charge < -0.3 is 4.57 Å². The molecule has 0 aliphatic rings. The third kappa shape index (κ3) is 2.53. The van der Waals surface area contributed by atoms with E-state index in [1.165, 1.54) is 74.6 Å². The van der Waals surface area contributed by atoms with Crippen LogP contribution in [0.25, 0.3) is 43.4 Å². The Hall–Kier alpha value is -2.80. The van der Waals surface area contributed by atoms with Crippen LogP contribution in [0, 0.1) is 0 Å². The Morgan fingerprint density at radius 2 is 1.44 bits per heavy atom. The smallest absolute Gasteiger partial charge is 0.0568 e. The van der Waals surface area contributed by atoms with Gasteiger partial charge in [-0.1, -0.05) is 80.4 Å². The molecule has 0 N–H and O–H groups in total. The Morgan fingerprint density at radius 3 is 2.33 bits per heavy atom. The van der Waals surface area contributed by atoms with Gasteiger partial charge >= 0.3 is 0 Å². The molecule has 1 aromatic heterocycles. The molecule has 1 heterocycles. The zero-order valence-corrected chi connectivity index (χ0v) is 16.1. The van der Waals surface area contributed by atoms with Crippen LogP contribution >= 0.6 is 0 Å². The van der Waals surface area contributed by atoms with Gasteiger partial charge in [0.2, 0.25) is 0 Å². The molecule has 0 radical (unpaired) electrons. The monoisotopic (exact) mass is 351 g/mol. The Balaban J connectivity index is 1.78. The lowest BCUT2D eigenvalue weighted by Crippen LogP contribution is -1.90. The first-order valence-electron chi connectivity index (χ1n) is 10.1. The summed E-state index contributed by atoms with van der Waals surface area (Å²) in [4.78, 5) is 0. The summed E-state index contributed by atoms with van der Waals surface area (Å²) >= 11 is 0. The minimum Gasteiger partial charge on any atom is -0.343 e. The molecule has 0 bridgehead atoms. The van der Waals surface area contributed by atoms with Crippen molar-refractivity contribution in [3.8, 4) is 0 Å². The van der Waals surface area contributed by atoms with Crippen LogP contribution in [0.2, 0.25) is 0 Å². The second-order valence-electron chi connectivity index (χ2n) is 7.71. The molecule has 0 aliphatic heterocycles. The van der Waals surface area contributed by atoms with Crippen LogP contribution in [0.1, 0.15) is 31.7 Å². The molecule has 27 heavy (non-hydrogen) atoms. The van der Waals surface area contributed by atoms with Gasteiger partial charge in [-0.05, 0) is 40.6 Å². The number of hydrogen-bond acceptors (Lipinski definition) is 0. The van der Waals surface area contributed by atoms with Gasteiger partial charge in [0.15, 0.2) is 0 Å². The molecule has 0 spiro atoms. The third-order valence-corrected chi connectivity index (χ3v) is 6.02. The molecule has 5 aromatic rings. The summed E-state index contributed by atoms with van der Waals surface area (Å²) in [6.07, 6.45) is 5.04. The first-order chi connectivity index (χ1) is 13.3. The highest BCUT2D eigenvalue weighted by Gasteiger charge is 2.13. The molecule has 5 rings (SSSR count). The maximum absolute atomic E-state index is 2.40. The normalized spacial score (nSPS) is 11.9. The van der Waals surface area contributed by atoms with Crippen LogP contribution in [0.3, 0.4) is 0 Å². The van der Waals surface area contributed by atoms with Gasteiger partial charge in [-0.15, -0.1) is 0 Å². The van der Waals surface area contributed by atoms with E-state index in [0.717, 1.165) is 0 Å². The van der Waals surface area contributed by atoms with Crippen molar-refractivity contribution in [3.05, 3.63) is 72.3 Å². The number of aromatic nitrogens is 1. The minimum absolute atomic E-state index is 1.18. The number of fused-ring (bicyclic) bond motifs is 7. The van der Waals surface area contributed by atoms with Gasteiger partial charge in [0, 0.05) is 28.7 Å². The topological polar surface area (TPSA) is 4.93 Å². The number of hydrogen-bond donors (Lipinski definition) is 0. The highest BCUT2D eigenvalue weighted by Crippen LogP contribution is 2.36. The molecule has 4 aromatic carbocycles. The first-order valence-corrected chi connectivity index (χ1v) is 10.1. The average Bonchev–Trinajstić information content (AvgIpc) is 3.00. The zero-order chi connectivity index (χ0) is 18.4. The van der Waals surface area contributed by atoms with Crippen molar-refractivity contribution in [2.45, 2.75) is 32.6 Å². The quantitative estimate of drug-likeness (QED) is 0.235. The van der Waals surface area contributed by atoms with Crippen LogP contribution in [0.5, 0.6) is 0 Å². The van der Waals surface area contributed by atoms with Gasteiger partial charge in [0.1, 0.15) is 0 Å². The van der Waals surface area contributed by atoms with E-state index in [0.29, 0.717) is 0 Å². The van der Waals surface area contributed by atoms with E-state index in [4.69, 9.17) is 0 Å². The highest BCUT2D eigenvalue weighted by molar-refractivity contribution is 6.22. The summed E-state index contributed by atoms with van der Waals surface area (Å²) in [7, 11) is 2.22. The second kappa shape index (κ2) is 6.42. The minimum atomic E-state index is 1.18. The average molecular weight is 351 g/mol. The van der Waals surface area contributed by atoms with E-state index in [1.807, 2.05) is 0 Å². The van der Waals surface area contributed by atoms with Gasteiger partial charge in [0.25, 0.3) is 0 Å². The lowest BCUT2D eigenvalue weighted by molar-refractivity contribution is 0.717. The lowest BCUT2D eigenvalue weighted by Gasteiger charge is -2.07. The molecular weight excluding hydrogens is 326 g/mol. The van der Waals surface area contributed by atoms with Crippen LogP contribution in [-0.2, 0) is 13.5 Å². The standard InChI is InChI=1S/C26H25N/c1-3-4-5-8-18-11-13-22-24-16-15-21-20-10-7-6-9-19(20)12-14-23(21)26(24)27(2)25(22)17-18/h6-7,9-17H,3-5,8H2,1-2H3. The van der Waals surface area contributed by atoms with Gasteiger partial charge in [-0.25, -0.2) is 0 Å². The predicted molar refractivity (Wildman–Crippen MR) is 119 cm³/mol. The van der Waals surface area contributed by atoms with Crippen molar-refractivity contribution in [2.75, 3.05) is 0 Å². The molecular formula is C26H25N. The second-order valence-corrected chi connectivity index (χ2v) is 7.71. The highest BCUT2D eigenvalue weighted by atomic mass is 14.9. The number of aryl methyl sites for hydroxylation is 2. The van der Waals surface area contributed by atoms with E-state index in [2.05, 4.69) is 85.3 Å². The SMILES string of the molecule is CCCCCc1ccc2c3ccc4c5ccccc5ccc4c3n(C)c2c1. The fourth-order valence-corrected chi connectivity index (χ4v) is 4.59. The molecule has 0 atom stereocenters. The summed E-state index contributed by atoms with van der Waals surface area (Å²) in [5, 5.41) is 8.05. The molecule has 0 aliphatic carbocycles. The summed E-state index contributed by atoms with van der Waals surface area (Å²) in [5.74, 6) is 0. The molecule has 1 heteroatoms. The van der Waals surface area contributed by atoms with Crippen molar-refractivity contribution in [2.24, 2.45) is 7.05 Å². The van der Waals surface area contributed by atoms with Crippen molar-refractivity contribution in [3.63, 3.8) is 0 Å². The Bertz CT molecular complexity index is 1290. The number of unbranched alkanes of at least 4 members (excludes halogenated alkanes) is 2. The first kappa shape index (κ1) is 16.4. The molecule has 1 nitrogen and oxygen atoms in total. The summed E-state index contributed by atoms with van der Waals surface area (Å²) < 4.78 is 2.39. The van der Waals surface area contributed by atoms with Crippen molar-refractivity contribution in [1.82, 2.24) is 4.57 Å². The van der Waals surface area contributed by atoms with E-state index >= 15 is 0 Å². The van der Waals surface area contributed by atoms with E-state index in [-0.39, 0.29) is 0 Å². The van der Waals surface area contributed by atoms with Crippen LogP contribution in [-0.4, -0.2) is 4.57 Å². The van der Waals surface area contributed by atoms with Crippen molar-refractivity contribution >= 4 is 43.4 Å². The molecule has 0 fully saturated rings. The predicted octanol–water partition coefficient (Wildman–Crippen LogP) is 7.37. The van der Waals surface area contributed by atoms with Gasteiger partial charge in [0.05, 0.1) is 5.52 Å². The van der Waals surface area contributed by atoms with Gasteiger partial charge in [-0.2, -0.15) is 0 Å². The Labute approximate surface area is 160 Å². The Morgan fingerprint density at radius 1 is 0.704 bits per heavy atom. The Kier molecular flexibility index (Phi) is 3.89. The molecule has 0 unspecified atom stereocenters. The van der Waals surface area contributed by atoms with Crippen LogP contribution in [0.4, 0.5) is 0 Å². The largest absolute Gasteiger partial charge is 0.343 e. The van der Waals surface area contributed by atoms with Crippen molar-refractivity contribution < 1.29 is 0 Å². The maximum atomic E-state index is 2.40. The summed E-state index contributed by atoms with van der Waals surface area (Å²) in [6.45, 7) is 2.27. The molecule has 0 saturated carbocycles. The number of rotatable bonds is 4. The fourth-order valence-electron chi connectivity index (χ4n) is 4.59. The summed E-state index contributed by atoms with van der Waals surface area (Å²) in [5.41, 5.74) is 4.15. The van der Waals surface area contributed by atoms with Gasteiger partial charge in [-0.3, -0.25) is 0 Å². The van der Waals surface area contributed by atoms with Crippen molar-refractivity contribution in [1.29, 1.82) is 0 Å². The molecule has 134 valence electrons. The molecule has 0 amide bonds. The third-order valence-electron chi connectivity index (χ3n) is 6.02. The maximum Gasteiger partial charge on any atom is 0.0568 e. The van der Waals surface area contributed by atoms with E-state index in [1.54, 1.807) is 0 Å². The van der Waals surface area contributed by atoms with E-state index < -0.39 is 0 Å². The number of benzene rings is 4. The van der Waals surface area contributed by atoms with Crippen LogP contribution < -0.4 is 0 Å². The molecule has 0 saturated heterocycles. The number of nitrogens with zero attached hydrogens (tertiary/aromatic N) is 1.